The molecule has 3 amide bonds. The van der Waals surface area contributed by atoms with Crippen LogP contribution in [-0.2, 0) is 4.79 Å². The van der Waals surface area contributed by atoms with E-state index >= 15 is 0 Å². The van der Waals surface area contributed by atoms with E-state index in [1.807, 2.05) is 32.3 Å². The Bertz CT molecular complexity index is 892. The van der Waals surface area contributed by atoms with Crippen LogP contribution < -0.4 is 0 Å². The average Bonchev–Trinajstić information content (AvgIpc) is 3.06. The van der Waals surface area contributed by atoms with Crippen LogP contribution in [0.4, 0.5) is 4.79 Å². The maximum atomic E-state index is 13.0. The van der Waals surface area contributed by atoms with Gasteiger partial charge in [0.2, 0.25) is 11.9 Å². The Morgan fingerprint density at radius 3 is 2.42 bits per heavy atom. The molecular formula is C18H25N6O2+. The second-order valence-electron chi connectivity index (χ2n) is 6.89. The quantitative estimate of drug-likeness (QED) is 0.604. The molecule has 1 aromatic heterocycles. The van der Waals surface area contributed by atoms with E-state index in [9.17, 15) is 9.59 Å². The number of amides is 3. The van der Waals surface area contributed by atoms with Crippen molar-refractivity contribution in [2.45, 2.75) is 40.7 Å². The molecule has 0 N–H and O–H groups in total. The second-order valence-corrected chi connectivity index (χ2v) is 6.89. The number of likely N-dealkylation sites (N-methyl/N-ethyl adjacent to an activating group) is 2. The summed E-state index contributed by atoms with van der Waals surface area (Å²) in [5, 5.41) is 4.59. The summed E-state index contributed by atoms with van der Waals surface area (Å²) in [5.74, 6) is 0.725. The van der Waals surface area contributed by atoms with Crippen molar-refractivity contribution in [3.05, 3.63) is 29.1 Å². The molecule has 0 spiro atoms. The van der Waals surface area contributed by atoms with Crippen LogP contribution in [0.15, 0.2) is 17.1 Å². The Balaban J connectivity index is 2.22. The van der Waals surface area contributed by atoms with Gasteiger partial charge in [-0.15, -0.1) is 9.78 Å². The lowest BCUT2D eigenvalue weighted by atomic mass is 10.1. The molecule has 0 saturated carbocycles. The van der Waals surface area contributed by atoms with Crippen molar-refractivity contribution < 1.29 is 14.2 Å². The second kappa shape index (κ2) is 6.19. The van der Waals surface area contributed by atoms with Crippen LogP contribution in [0.2, 0.25) is 0 Å². The van der Waals surface area contributed by atoms with Crippen LogP contribution in [0.3, 0.4) is 0 Å². The highest BCUT2D eigenvalue weighted by Gasteiger charge is 2.52. The lowest BCUT2D eigenvalue weighted by Gasteiger charge is -2.33. The molecular weight excluding hydrogens is 332 g/mol. The molecule has 3 rings (SSSR count). The molecule has 1 fully saturated rings. The van der Waals surface area contributed by atoms with Crippen molar-refractivity contribution >= 4 is 23.7 Å². The van der Waals surface area contributed by atoms with Crippen molar-refractivity contribution in [2.24, 2.45) is 4.99 Å². The number of nitrogens with zero attached hydrogens (tertiary/aromatic N) is 6. The van der Waals surface area contributed by atoms with Crippen LogP contribution in [0, 0.1) is 20.8 Å². The fourth-order valence-corrected chi connectivity index (χ4v) is 3.33. The standard InChI is InChI=1S/C18H25N6O2/c1-8-22-16(25)14-15(21(7)18(22)26)19-17(23(14)9-10(2)3)24-13(6)11(4)12(5)20-24/h14H,2,8-9H2,1,3-7H3/q+1. The van der Waals surface area contributed by atoms with Crippen molar-refractivity contribution in [1.82, 2.24) is 19.6 Å². The predicted octanol–water partition coefficient (Wildman–Crippen LogP) is 1.30. The van der Waals surface area contributed by atoms with Crippen LogP contribution in [0.25, 0.3) is 0 Å². The van der Waals surface area contributed by atoms with Crippen molar-refractivity contribution in [2.75, 3.05) is 20.1 Å². The molecule has 8 heteroatoms. The van der Waals surface area contributed by atoms with Gasteiger partial charge in [0.05, 0.1) is 12.2 Å². The minimum absolute atomic E-state index is 0.260. The largest absolute Gasteiger partial charge is 0.421 e. The fourth-order valence-electron chi connectivity index (χ4n) is 3.33. The molecule has 26 heavy (non-hydrogen) atoms. The summed E-state index contributed by atoms with van der Waals surface area (Å²) in [5.41, 5.74) is 3.84. The summed E-state index contributed by atoms with van der Waals surface area (Å²) in [6.45, 7) is 14.4. The van der Waals surface area contributed by atoms with Crippen LogP contribution >= 0.6 is 0 Å². The van der Waals surface area contributed by atoms with Crippen LogP contribution in [0.5, 0.6) is 0 Å². The molecule has 3 heterocycles. The van der Waals surface area contributed by atoms with E-state index < -0.39 is 6.04 Å². The number of hydrogen-bond acceptors (Lipinski definition) is 4. The summed E-state index contributed by atoms with van der Waals surface area (Å²) in [6, 6.07) is -0.998. The van der Waals surface area contributed by atoms with Gasteiger partial charge in [-0.05, 0) is 40.2 Å². The molecule has 0 aliphatic carbocycles. The Morgan fingerprint density at radius 1 is 1.27 bits per heavy atom. The summed E-state index contributed by atoms with van der Waals surface area (Å²) < 4.78 is 3.63. The lowest BCUT2D eigenvalue weighted by molar-refractivity contribution is -0.529. The van der Waals surface area contributed by atoms with E-state index in [-0.39, 0.29) is 11.9 Å². The first-order chi connectivity index (χ1) is 12.2. The van der Waals surface area contributed by atoms with E-state index in [4.69, 9.17) is 0 Å². The first kappa shape index (κ1) is 18.0. The molecule has 1 aromatic rings. The maximum Gasteiger partial charge on any atom is 0.421 e. The average molecular weight is 357 g/mol. The summed E-state index contributed by atoms with van der Waals surface area (Å²) >= 11 is 0. The molecule has 1 saturated heterocycles. The zero-order valence-corrected chi connectivity index (χ0v) is 16.2. The molecule has 0 radical (unpaired) electrons. The first-order valence-electron chi connectivity index (χ1n) is 8.67. The highest BCUT2D eigenvalue weighted by molar-refractivity contribution is 6.23. The van der Waals surface area contributed by atoms with Gasteiger partial charge >= 0.3 is 12.0 Å². The third-order valence-electron chi connectivity index (χ3n) is 4.99. The normalized spacial score (nSPS) is 20.1. The van der Waals surface area contributed by atoms with E-state index in [1.54, 1.807) is 18.7 Å². The minimum Gasteiger partial charge on any atom is -0.270 e. The van der Waals surface area contributed by atoms with Gasteiger partial charge in [-0.3, -0.25) is 14.6 Å². The number of amidine groups is 1. The Kier molecular flexibility index (Phi) is 4.29. The first-order valence-corrected chi connectivity index (χ1v) is 8.67. The highest BCUT2D eigenvalue weighted by Crippen LogP contribution is 2.22. The minimum atomic E-state index is -0.645. The zero-order valence-electron chi connectivity index (χ0n) is 16.2. The fraction of sp³-hybridized carbons (Fsp3) is 0.500. The van der Waals surface area contributed by atoms with Crippen LogP contribution in [-0.4, -0.2) is 74.1 Å². The highest BCUT2D eigenvalue weighted by atomic mass is 16.2. The Morgan fingerprint density at radius 2 is 1.92 bits per heavy atom. The topological polar surface area (TPSA) is 73.8 Å². The van der Waals surface area contributed by atoms with Gasteiger partial charge in [0.25, 0.3) is 5.91 Å². The molecule has 0 bridgehead atoms. The van der Waals surface area contributed by atoms with E-state index in [0.717, 1.165) is 22.5 Å². The van der Waals surface area contributed by atoms with Crippen molar-refractivity contribution in [1.29, 1.82) is 0 Å². The third kappa shape index (κ3) is 2.48. The van der Waals surface area contributed by atoms with Crippen LogP contribution in [0.1, 0.15) is 30.8 Å². The zero-order chi connectivity index (χ0) is 19.3. The number of aliphatic imine (C=N–C) groups is 1. The number of fused-ring (bicyclic) bond motifs is 1. The molecule has 0 aromatic carbocycles. The molecule has 2 aliphatic heterocycles. The SMILES string of the molecule is C=C(C)C[N+]1=C(n2nc(C)c(C)c2C)N=C2C1C(=O)N(CC)C(=O)N2C. The van der Waals surface area contributed by atoms with Gasteiger partial charge in [0, 0.05) is 19.2 Å². The number of rotatable bonds is 3. The number of aromatic nitrogens is 2. The van der Waals surface area contributed by atoms with E-state index in [0.29, 0.717) is 24.9 Å². The maximum absolute atomic E-state index is 13.0. The monoisotopic (exact) mass is 357 g/mol. The number of aryl methyl sites for hydroxylation is 1. The predicted molar refractivity (Wildman–Crippen MR) is 98.6 cm³/mol. The van der Waals surface area contributed by atoms with Gasteiger partial charge in [-0.1, -0.05) is 11.6 Å². The van der Waals surface area contributed by atoms with Gasteiger partial charge < -0.3 is 0 Å². The molecule has 1 atom stereocenters. The van der Waals surface area contributed by atoms with Gasteiger partial charge in [0.1, 0.15) is 5.69 Å². The smallest absolute Gasteiger partial charge is 0.270 e. The number of carbonyl (C=O) groups excluding carboxylic acids is 2. The summed E-state index contributed by atoms with van der Waals surface area (Å²) in [4.78, 5) is 32.9. The Labute approximate surface area is 153 Å². The summed E-state index contributed by atoms with van der Waals surface area (Å²) in [7, 11) is 1.65. The molecule has 138 valence electrons. The Hall–Kier alpha value is -2.77. The van der Waals surface area contributed by atoms with Gasteiger partial charge in [0.15, 0.2) is 0 Å². The number of carbonyl (C=O) groups is 2. The molecule has 2 aliphatic rings. The number of imide groups is 1. The van der Waals surface area contributed by atoms with Gasteiger partial charge in [-0.2, -0.15) is 0 Å². The van der Waals surface area contributed by atoms with Crippen molar-refractivity contribution in [3.8, 4) is 0 Å². The van der Waals surface area contributed by atoms with E-state index in [2.05, 4.69) is 16.7 Å². The van der Waals surface area contributed by atoms with E-state index in [1.165, 1.54) is 9.80 Å². The summed E-state index contributed by atoms with van der Waals surface area (Å²) in [6.07, 6.45) is 0. The third-order valence-corrected chi connectivity index (χ3v) is 4.99. The molecule has 8 nitrogen and oxygen atoms in total. The number of urea groups is 1. The van der Waals surface area contributed by atoms with Gasteiger partial charge in [-0.25, -0.2) is 9.37 Å². The van der Waals surface area contributed by atoms with Crippen molar-refractivity contribution in [3.63, 3.8) is 0 Å². The number of hydrogen-bond donors (Lipinski definition) is 0. The molecule has 1 unspecified atom stereocenters. The lowest BCUT2D eigenvalue weighted by Crippen LogP contribution is -2.62.